The molecule has 1 aromatic rings. The van der Waals surface area contributed by atoms with Gasteiger partial charge >= 0.3 is 0 Å². The molecule has 3 heteroatoms. The molecule has 3 nitrogen and oxygen atoms in total. The van der Waals surface area contributed by atoms with E-state index in [2.05, 4.69) is 36.3 Å². The van der Waals surface area contributed by atoms with E-state index in [1.807, 2.05) is 6.07 Å². The maximum absolute atomic E-state index is 5.38. The lowest BCUT2D eigenvalue weighted by Crippen LogP contribution is -2.30. The van der Waals surface area contributed by atoms with Gasteiger partial charge in [-0.05, 0) is 32.9 Å². The van der Waals surface area contributed by atoms with Crippen molar-refractivity contribution in [3.63, 3.8) is 0 Å². The molecule has 1 aliphatic carbocycles. The molecule has 0 spiro atoms. The molecule has 0 bridgehead atoms. The molecular formula is C15H24N2O. The summed E-state index contributed by atoms with van der Waals surface area (Å²) in [5.74, 6) is 0.976. The van der Waals surface area contributed by atoms with Gasteiger partial charge in [-0.3, -0.25) is 0 Å². The summed E-state index contributed by atoms with van der Waals surface area (Å²) in [6.07, 6.45) is 2.75. The average Bonchev–Trinajstić information content (AvgIpc) is 3.19. The minimum Gasteiger partial charge on any atom is -0.496 e. The number of aryl methyl sites for hydroxylation is 1. The van der Waals surface area contributed by atoms with Crippen molar-refractivity contribution in [3.05, 3.63) is 29.3 Å². The van der Waals surface area contributed by atoms with E-state index >= 15 is 0 Å². The van der Waals surface area contributed by atoms with Gasteiger partial charge in [0.15, 0.2) is 0 Å². The Labute approximate surface area is 110 Å². The van der Waals surface area contributed by atoms with Crippen LogP contribution in [-0.4, -0.2) is 38.2 Å². The molecule has 18 heavy (non-hydrogen) atoms. The van der Waals surface area contributed by atoms with Gasteiger partial charge in [-0.2, -0.15) is 0 Å². The maximum Gasteiger partial charge on any atom is 0.123 e. The first-order chi connectivity index (χ1) is 8.70. The summed E-state index contributed by atoms with van der Waals surface area (Å²) in [6.45, 7) is 5.15. The minimum absolute atomic E-state index is 0.848. The number of hydrogen-bond donors (Lipinski definition) is 1. The van der Waals surface area contributed by atoms with Crippen LogP contribution in [0.25, 0.3) is 0 Å². The number of likely N-dealkylation sites (N-methyl/N-ethyl adjacent to an activating group) is 1. The second-order valence-electron chi connectivity index (χ2n) is 5.20. The van der Waals surface area contributed by atoms with Crippen LogP contribution in [0.15, 0.2) is 18.2 Å². The number of ether oxygens (including phenoxy) is 1. The molecule has 1 saturated carbocycles. The van der Waals surface area contributed by atoms with Crippen LogP contribution < -0.4 is 10.1 Å². The Morgan fingerprint density at radius 3 is 2.83 bits per heavy atom. The second kappa shape index (κ2) is 6.21. The standard InChI is InChI=1S/C15H24N2O/c1-12-4-7-15(18-3)13(10-12)11-16-8-9-17(2)14-5-6-14/h4,7,10,14,16H,5-6,8-9,11H2,1-3H3. The Bertz CT molecular complexity index is 388. The molecule has 2 rings (SSSR count). The fraction of sp³-hybridized carbons (Fsp3) is 0.600. The quantitative estimate of drug-likeness (QED) is 0.749. The Morgan fingerprint density at radius 1 is 1.39 bits per heavy atom. The zero-order valence-electron chi connectivity index (χ0n) is 11.7. The molecule has 0 heterocycles. The molecule has 0 aliphatic heterocycles. The van der Waals surface area contributed by atoms with Crippen molar-refractivity contribution in [2.75, 3.05) is 27.2 Å². The van der Waals surface area contributed by atoms with E-state index in [1.54, 1.807) is 7.11 Å². The summed E-state index contributed by atoms with van der Waals surface area (Å²) in [6, 6.07) is 7.17. The molecule has 0 aromatic heterocycles. The summed E-state index contributed by atoms with van der Waals surface area (Å²) in [4.78, 5) is 2.44. The van der Waals surface area contributed by atoms with Crippen LogP contribution in [0, 0.1) is 6.92 Å². The van der Waals surface area contributed by atoms with Crippen molar-refractivity contribution in [3.8, 4) is 5.75 Å². The molecule has 1 aliphatic rings. The van der Waals surface area contributed by atoms with E-state index in [1.165, 1.54) is 24.0 Å². The Kier molecular flexibility index (Phi) is 4.61. The van der Waals surface area contributed by atoms with Crippen molar-refractivity contribution < 1.29 is 4.74 Å². The molecule has 0 unspecified atom stereocenters. The predicted octanol–water partition coefficient (Wildman–Crippen LogP) is 2.19. The largest absolute Gasteiger partial charge is 0.496 e. The lowest BCUT2D eigenvalue weighted by atomic mass is 10.1. The number of hydrogen-bond acceptors (Lipinski definition) is 3. The third-order valence-corrected chi connectivity index (χ3v) is 3.56. The topological polar surface area (TPSA) is 24.5 Å². The van der Waals surface area contributed by atoms with Gasteiger partial charge in [0.2, 0.25) is 0 Å². The fourth-order valence-corrected chi connectivity index (χ4v) is 2.22. The van der Waals surface area contributed by atoms with Crippen molar-refractivity contribution in [2.45, 2.75) is 32.4 Å². The molecule has 1 aromatic carbocycles. The lowest BCUT2D eigenvalue weighted by molar-refractivity contribution is 0.321. The molecule has 0 saturated heterocycles. The van der Waals surface area contributed by atoms with Gasteiger partial charge in [-0.1, -0.05) is 17.7 Å². The first-order valence-corrected chi connectivity index (χ1v) is 6.75. The van der Waals surface area contributed by atoms with E-state index in [0.29, 0.717) is 0 Å². The van der Waals surface area contributed by atoms with Crippen LogP contribution in [0.5, 0.6) is 5.75 Å². The zero-order chi connectivity index (χ0) is 13.0. The second-order valence-corrected chi connectivity index (χ2v) is 5.20. The summed E-state index contributed by atoms with van der Waals surface area (Å²) in [5.41, 5.74) is 2.52. The van der Waals surface area contributed by atoms with Gasteiger partial charge in [-0.15, -0.1) is 0 Å². The predicted molar refractivity (Wildman–Crippen MR) is 75.1 cm³/mol. The van der Waals surface area contributed by atoms with Crippen molar-refractivity contribution in [2.24, 2.45) is 0 Å². The first-order valence-electron chi connectivity index (χ1n) is 6.75. The van der Waals surface area contributed by atoms with Gasteiger partial charge in [-0.25, -0.2) is 0 Å². The van der Waals surface area contributed by atoms with E-state index in [-0.39, 0.29) is 0 Å². The highest BCUT2D eigenvalue weighted by Gasteiger charge is 2.25. The third-order valence-electron chi connectivity index (χ3n) is 3.56. The van der Waals surface area contributed by atoms with E-state index < -0.39 is 0 Å². The van der Waals surface area contributed by atoms with Crippen molar-refractivity contribution in [1.82, 2.24) is 10.2 Å². The maximum atomic E-state index is 5.38. The molecule has 1 N–H and O–H groups in total. The summed E-state index contributed by atoms with van der Waals surface area (Å²) < 4.78 is 5.38. The normalized spacial score (nSPS) is 15.1. The van der Waals surface area contributed by atoms with Crippen molar-refractivity contribution in [1.29, 1.82) is 0 Å². The Hall–Kier alpha value is -1.06. The van der Waals surface area contributed by atoms with Crippen LogP contribution in [0.4, 0.5) is 0 Å². The summed E-state index contributed by atoms with van der Waals surface area (Å²) in [5, 5.41) is 3.50. The van der Waals surface area contributed by atoms with Crippen LogP contribution in [0.3, 0.4) is 0 Å². The Balaban J connectivity index is 1.76. The summed E-state index contributed by atoms with van der Waals surface area (Å²) in [7, 11) is 3.95. The van der Waals surface area contributed by atoms with E-state index in [4.69, 9.17) is 4.74 Å². The van der Waals surface area contributed by atoms with Gasteiger partial charge < -0.3 is 15.0 Å². The van der Waals surface area contributed by atoms with E-state index in [9.17, 15) is 0 Å². The molecular weight excluding hydrogens is 224 g/mol. The monoisotopic (exact) mass is 248 g/mol. The van der Waals surface area contributed by atoms with Gasteiger partial charge in [0.05, 0.1) is 7.11 Å². The van der Waals surface area contributed by atoms with Crippen LogP contribution in [0.1, 0.15) is 24.0 Å². The van der Waals surface area contributed by atoms with Gasteiger partial charge in [0.25, 0.3) is 0 Å². The SMILES string of the molecule is COc1ccc(C)cc1CNCCN(C)C1CC1. The highest BCUT2D eigenvalue weighted by molar-refractivity contribution is 5.36. The Morgan fingerprint density at radius 2 is 2.17 bits per heavy atom. The molecule has 0 radical (unpaired) electrons. The molecule has 0 atom stereocenters. The first kappa shape index (κ1) is 13.4. The molecule has 0 amide bonds. The number of rotatable bonds is 7. The number of methoxy groups -OCH3 is 1. The van der Waals surface area contributed by atoms with Crippen LogP contribution >= 0.6 is 0 Å². The molecule has 100 valence electrons. The van der Waals surface area contributed by atoms with Gasteiger partial charge in [0, 0.05) is 31.2 Å². The van der Waals surface area contributed by atoms with Crippen LogP contribution in [0.2, 0.25) is 0 Å². The molecule has 1 fully saturated rings. The van der Waals surface area contributed by atoms with Gasteiger partial charge in [0.1, 0.15) is 5.75 Å². The fourth-order valence-electron chi connectivity index (χ4n) is 2.22. The van der Waals surface area contributed by atoms with Crippen molar-refractivity contribution >= 4 is 0 Å². The average molecular weight is 248 g/mol. The number of nitrogens with one attached hydrogen (secondary N) is 1. The summed E-state index contributed by atoms with van der Waals surface area (Å²) >= 11 is 0. The lowest BCUT2D eigenvalue weighted by Gasteiger charge is -2.16. The third kappa shape index (κ3) is 3.72. The van der Waals surface area contributed by atoms with Crippen LogP contribution in [-0.2, 0) is 6.54 Å². The highest BCUT2D eigenvalue weighted by Crippen LogP contribution is 2.24. The van der Waals surface area contributed by atoms with E-state index in [0.717, 1.165) is 31.4 Å². The highest BCUT2D eigenvalue weighted by atomic mass is 16.5. The minimum atomic E-state index is 0.848. The number of nitrogens with zero attached hydrogens (tertiary/aromatic N) is 1. The zero-order valence-corrected chi connectivity index (χ0v) is 11.7. The smallest absolute Gasteiger partial charge is 0.123 e. The number of benzene rings is 1.